The highest BCUT2D eigenvalue weighted by Gasteiger charge is 2.09. The fourth-order valence-electron chi connectivity index (χ4n) is 1.53. The van der Waals surface area contributed by atoms with E-state index in [1.807, 2.05) is 0 Å². The molecule has 0 spiro atoms. The van der Waals surface area contributed by atoms with Crippen molar-refractivity contribution in [3.8, 4) is 0 Å². The van der Waals surface area contributed by atoms with Crippen molar-refractivity contribution in [2.75, 3.05) is 5.32 Å². The second-order valence-electron chi connectivity index (χ2n) is 3.94. The van der Waals surface area contributed by atoms with E-state index >= 15 is 0 Å². The predicted octanol–water partition coefficient (Wildman–Crippen LogP) is 3.22. The van der Waals surface area contributed by atoms with Crippen LogP contribution in [0.3, 0.4) is 0 Å². The van der Waals surface area contributed by atoms with Crippen molar-refractivity contribution in [3.63, 3.8) is 0 Å². The molecule has 0 radical (unpaired) electrons. The smallest absolute Gasteiger partial charge is 0.255 e. The van der Waals surface area contributed by atoms with Crippen LogP contribution in [0.1, 0.15) is 15.9 Å². The molecule has 0 atom stereocenters. The first-order valence-corrected chi connectivity index (χ1v) is 5.94. The standard InChI is InChI=1S/C14H11ClFNO2/c15-12-7-10(3-6-13(12)16)14(19)17-11-4-1-9(8-18)2-5-11/h1-7,18H,8H2,(H,17,19). The molecule has 1 amide bonds. The van der Waals surface area contributed by atoms with Gasteiger partial charge in [0.1, 0.15) is 5.82 Å². The lowest BCUT2D eigenvalue weighted by molar-refractivity contribution is 0.102. The zero-order valence-electron chi connectivity index (χ0n) is 9.86. The minimum atomic E-state index is -0.564. The Morgan fingerprint density at radius 2 is 1.89 bits per heavy atom. The molecular weight excluding hydrogens is 269 g/mol. The lowest BCUT2D eigenvalue weighted by atomic mass is 10.2. The highest BCUT2D eigenvalue weighted by Crippen LogP contribution is 2.17. The Balaban J connectivity index is 2.13. The van der Waals surface area contributed by atoms with E-state index < -0.39 is 5.82 Å². The summed E-state index contributed by atoms with van der Waals surface area (Å²) in [6.45, 7) is -0.0538. The molecule has 0 fully saturated rings. The van der Waals surface area contributed by atoms with Gasteiger partial charge in [-0.1, -0.05) is 23.7 Å². The van der Waals surface area contributed by atoms with E-state index in [9.17, 15) is 9.18 Å². The first-order chi connectivity index (χ1) is 9.10. The van der Waals surface area contributed by atoms with Gasteiger partial charge in [0.15, 0.2) is 0 Å². The SMILES string of the molecule is O=C(Nc1ccc(CO)cc1)c1ccc(F)c(Cl)c1. The van der Waals surface area contributed by atoms with E-state index in [1.54, 1.807) is 24.3 Å². The monoisotopic (exact) mass is 279 g/mol. The van der Waals surface area contributed by atoms with Crippen molar-refractivity contribution in [2.24, 2.45) is 0 Å². The van der Waals surface area contributed by atoms with Gasteiger partial charge in [0.2, 0.25) is 0 Å². The van der Waals surface area contributed by atoms with Gasteiger partial charge in [0.25, 0.3) is 5.91 Å². The van der Waals surface area contributed by atoms with Gasteiger partial charge in [-0.3, -0.25) is 4.79 Å². The number of carbonyl (C=O) groups excluding carboxylic acids is 1. The van der Waals surface area contributed by atoms with Crippen molar-refractivity contribution in [1.82, 2.24) is 0 Å². The molecular formula is C14H11ClFNO2. The molecule has 2 aromatic rings. The highest BCUT2D eigenvalue weighted by atomic mass is 35.5. The molecule has 2 aromatic carbocycles. The second kappa shape index (κ2) is 5.82. The number of halogens is 2. The van der Waals surface area contributed by atoms with Crippen LogP contribution >= 0.6 is 11.6 Å². The lowest BCUT2D eigenvalue weighted by Crippen LogP contribution is -2.11. The minimum Gasteiger partial charge on any atom is -0.392 e. The summed E-state index contributed by atoms with van der Waals surface area (Å²) in [5, 5.41) is 11.5. The molecule has 0 saturated carbocycles. The van der Waals surface area contributed by atoms with Gasteiger partial charge >= 0.3 is 0 Å². The number of anilines is 1. The Labute approximate surface area is 114 Å². The Bertz CT molecular complexity index is 599. The molecule has 0 aliphatic heterocycles. The number of benzene rings is 2. The van der Waals surface area contributed by atoms with Gasteiger partial charge in [-0.25, -0.2) is 4.39 Å². The summed E-state index contributed by atoms with van der Waals surface area (Å²) in [7, 11) is 0. The molecule has 0 aliphatic carbocycles. The van der Waals surface area contributed by atoms with Crippen LogP contribution in [-0.2, 0) is 6.61 Å². The van der Waals surface area contributed by atoms with Gasteiger partial charge < -0.3 is 10.4 Å². The van der Waals surface area contributed by atoms with Crippen LogP contribution in [0.5, 0.6) is 0 Å². The zero-order chi connectivity index (χ0) is 13.8. The Morgan fingerprint density at radius 1 is 1.21 bits per heavy atom. The van der Waals surface area contributed by atoms with Crippen LogP contribution in [0.15, 0.2) is 42.5 Å². The van der Waals surface area contributed by atoms with Gasteiger partial charge in [-0.2, -0.15) is 0 Å². The number of hydrogen-bond donors (Lipinski definition) is 2. The Kier molecular flexibility index (Phi) is 4.14. The number of nitrogens with one attached hydrogen (secondary N) is 1. The molecule has 2 N–H and O–H groups in total. The van der Waals surface area contributed by atoms with Crippen LogP contribution < -0.4 is 5.32 Å². The fourth-order valence-corrected chi connectivity index (χ4v) is 1.71. The summed E-state index contributed by atoms with van der Waals surface area (Å²) >= 11 is 5.62. The van der Waals surface area contributed by atoms with Crippen molar-refractivity contribution in [2.45, 2.75) is 6.61 Å². The first kappa shape index (κ1) is 13.5. The molecule has 0 heterocycles. The summed E-state index contributed by atoms with van der Waals surface area (Å²) in [6, 6.07) is 10.5. The molecule has 0 aromatic heterocycles. The molecule has 3 nitrogen and oxygen atoms in total. The summed E-state index contributed by atoms with van der Waals surface area (Å²) < 4.78 is 13.0. The molecule has 0 unspecified atom stereocenters. The van der Waals surface area contributed by atoms with Crippen LogP contribution in [0.25, 0.3) is 0 Å². The fraction of sp³-hybridized carbons (Fsp3) is 0.0714. The third-order valence-electron chi connectivity index (χ3n) is 2.58. The van der Waals surface area contributed by atoms with E-state index in [2.05, 4.69) is 5.32 Å². The van der Waals surface area contributed by atoms with Crippen molar-refractivity contribution in [3.05, 3.63) is 64.4 Å². The van der Waals surface area contributed by atoms with E-state index in [1.165, 1.54) is 12.1 Å². The van der Waals surface area contributed by atoms with Crippen molar-refractivity contribution in [1.29, 1.82) is 0 Å². The highest BCUT2D eigenvalue weighted by molar-refractivity contribution is 6.31. The van der Waals surface area contributed by atoms with E-state index in [0.29, 0.717) is 5.69 Å². The molecule has 0 aliphatic rings. The van der Waals surface area contributed by atoms with Crippen LogP contribution in [-0.4, -0.2) is 11.0 Å². The van der Waals surface area contributed by atoms with Crippen molar-refractivity contribution >= 4 is 23.2 Å². The molecule has 19 heavy (non-hydrogen) atoms. The summed E-state index contributed by atoms with van der Waals surface area (Å²) in [6.07, 6.45) is 0. The predicted molar refractivity (Wildman–Crippen MR) is 71.7 cm³/mol. The molecule has 0 bridgehead atoms. The summed E-state index contributed by atoms with van der Waals surface area (Å²) in [5.41, 5.74) is 1.61. The number of carbonyl (C=O) groups is 1. The van der Waals surface area contributed by atoms with Crippen LogP contribution in [0, 0.1) is 5.82 Å². The van der Waals surface area contributed by atoms with Crippen LogP contribution in [0.2, 0.25) is 5.02 Å². The number of amides is 1. The van der Waals surface area contributed by atoms with Gasteiger partial charge in [0, 0.05) is 11.3 Å². The first-order valence-electron chi connectivity index (χ1n) is 5.56. The zero-order valence-corrected chi connectivity index (χ0v) is 10.6. The van der Waals surface area contributed by atoms with Crippen LogP contribution in [0.4, 0.5) is 10.1 Å². The molecule has 5 heteroatoms. The van der Waals surface area contributed by atoms with Gasteiger partial charge in [0.05, 0.1) is 11.6 Å². The summed E-state index contributed by atoms with van der Waals surface area (Å²) in [5.74, 6) is -0.941. The maximum Gasteiger partial charge on any atom is 0.255 e. The number of aliphatic hydroxyl groups excluding tert-OH is 1. The number of aliphatic hydroxyl groups is 1. The van der Waals surface area contributed by atoms with E-state index in [-0.39, 0.29) is 23.1 Å². The number of rotatable bonds is 3. The van der Waals surface area contributed by atoms with Crippen molar-refractivity contribution < 1.29 is 14.3 Å². The maximum atomic E-state index is 13.0. The Morgan fingerprint density at radius 3 is 2.47 bits per heavy atom. The lowest BCUT2D eigenvalue weighted by Gasteiger charge is -2.06. The molecule has 2 rings (SSSR count). The number of hydrogen-bond acceptors (Lipinski definition) is 2. The Hall–Kier alpha value is -1.91. The largest absolute Gasteiger partial charge is 0.392 e. The maximum absolute atomic E-state index is 13.0. The quantitative estimate of drug-likeness (QED) is 0.906. The average Bonchev–Trinajstić information content (AvgIpc) is 2.42. The third kappa shape index (κ3) is 3.30. The summed E-state index contributed by atoms with van der Waals surface area (Å²) in [4.78, 5) is 11.9. The second-order valence-corrected chi connectivity index (χ2v) is 4.35. The van der Waals surface area contributed by atoms with Gasteiger partial charge in [-0.05, 0) is 35.9 Å². The van der Waals surface area contributed by atoms with Gasteiger partial charge in [-0.15, -0.1) is 0 Å². The normalized spacial score (nSPS) is 10.3. The third-order valence-corrected chi connectivity index (χ3v) is 2.87. The average molecular weight is 280 g/mol. The van der Waals surface area contributed by atoms with E-state index in [4.69, 9.17) is 16.7 Å². The minimum absolute atomic E-state index is 0.0538. The molecule has 98 valence electrons. The molecule has 0 saturated heterocycles. The van der Waals surface area contributed by atoms with E-state index in [0.717, 1.165) is 11.6 Å². The topological polar surface area (TPSA) is 49.3 Å².